The van der Waals surface area contributed by atoms with E-state index in [2.05, 4.69) is 52.9 Å². The van der Waals surface area contributed by atoms with E-state index in [0.29, 0.717) is 12.3 Å². The van der Waals surface area contributed by atoms with Crippen LogP contribution < -0.4 is 9.64 Å². The molecule has 1 saturated heterocycles. The summed E-state index contributed by atoms with van der Waals surface area (Å²) in [4.78, 5) is 20.8. The van der Waals surface area contributed by atoms with E-state index in [1.807, 2.05) is 19.1 Å². The minimum absolute atomic E-state index is 0.277. The van der Waals surface area contributed by atoms with Crippen molar-refractivity contribution in [2.45, 2.75) is 27.3 Å². The Morgan fingerprint density at radius 3 is 2.58 bits per heavy atom. The first-order valence-corrected chi connectivity index (χ1v) is 10.9. The van der Waals surface area contributed by atoms with E-state index < -0.39 is 0 Å². The molecule has 0 aliphatic carbocycles. The summed E-state index contributed by atoms with van der Waals surface area (Å²) in [5.74, 6) is 0.601. The van der Waals surface area contributed by atoms with Gasteiger partial charge in [0.05, 0.1) is 13.7 Å². The number of nitrogens with zero attached hydrogens (tertiary/aromatic N) is 2. The molecular weight excluding hydrogens is 390 g/mol. The number of aromatic amines is 1. The number of ether oxygens (including phenoxy) is 2. The first-order valence-electron chi connectivity index (χ1n) is 10.9. The largest absolute Gasteiger partial charge is 0.497 e. The van der Waals surface area contributed by atoms with Gasteiger partial charge in [-0.05, 0) is 50.1 Å². The van der Waals surface area contributed by atoms with Crippen molar-refractivity contribution < 1.29 is 14.3 Å². The standard InChI is InChI=1S/C25H31N3O3/c1-5-31-25(29)24-21(23-18(3)13-17(2)14-22(23)26-24)16-27-9-11-28(12-10-27)19-7-6-8-20(15-19)30-4/h6-8,13-15,26H,5,9-12,16H2,1-4H3. The first kappa shape index (κ1) is 21.2. The molecule has 0 atom stereocenters. The lowest BCUT2D eigenvalue weighted by molar-refractivity contribution is 0.0518. The van der Waals surface area contributed by atoms with Gasteiger partial charge in [0.15, 0.2) is 0 Å². The van der Waals surface area contributed by atoms with E-state index >= 15 is 0 Å². The molecule has 1 N–H and O–H groups in total. The molecule has 3 aromatic rings. The molecule has 1 aliphatic heterocycles. The zero-order valence-corrected chi connectivity index (χ0v) is 18.8. The second-order valence-corrected chi connectivity index (χ2v) is 8.17. The van der Waals surface area contributed by atoms with Gasteiger partial charge in [-0.1, -0.05) is 12.1 Å². The minimum Gasteiger partial charge on any atom is -0.497 e. The van der Waals surface area contributed by atoms with Crippen molar-refractivity contribution >= 4 is 22.6 Å². The Morgan fingerprint density at radius 2 is 1.87 bits per heavy atom. The van der Waals surface area contributed by atoms with Crippen LogP contribution in [0.25, 0.3) is 10.9 Å². The van der Waals surface area contributed by atoms with Crippen LogP contribution in [0.15, 0.2) is 36.4 Å². The number of hydrogen-bond acceptors (Lipinski definition) is 5. The van der Waals surface area contributed by atoms with Gasteiger partial charge in [-0.15, -0.1) is 0 Å². The molecule has 0 unspecified atom stereocenters. The highest BCUT2D eigenvalue weighted by molar-refractivity contribution is 5.99. The van der Waals surface area contributed by atoms with E-state index in [4.69, 9.17) is 9.47 Å². The molecule has 6 heteroatoms. The number of carbonyl (C=O) groups excluding carboxylic acids is 1. The highest BCUT2D eigenvalue weighted by Crippen LogP contribution is 2.30. The number of aromatic nitrogens is 1. The number of piperazine rings is 1. The Hall–Kier alpha value is -2.99. The van der Waals surface area contributed by atoms with E-state index in [0.717, 1.165) is 54.9 Å². The summed E-state index contributed by atoms with van der Waals surface area (Å²) >= 11 is 0. The second-order valence-electron chi connectivity index (χ2n) is 8.17. The SMILES string of the molecule is CCOC(=O)c1[nH]c2cc(C)cc(C)c2c1CN1CCN(c2cccc(OC)c2)CC1. The summed E-state index contributed by atoms with van der Waals surface area (Å²) in [6.45, 7) is 10.8. The molecule has 31 heavy (non-hydrogen) atoms. The van der Waals surface area contributed by atoms with Crippen LogP contribution in [0.1, 0.15) is 34.1 Å². The summed E-state index contributed by atoms with van der Waals surface area (Å²) in [5, 5.41) is 1.14. The van der Waals surface area contributed by atoms with Gasteiger partial charge in [-0.2, -0.15) is 0 Å². The number of anilines is 1. The lowest BCUT2D eigenvalue weighted by atomic mass is 10.0. The molecule has 0 radical (unpaired) electrons. The van der Waals surface area contributed by atoms with Crippen LogP contribution in [0.5, 0.6) is 5.75 Å². The van der Waals surface area contributed by atoms with Gasteiger partial charge in [0.2, 0.25) is 0 Å². The monoisotopic (exact) mass is 421 g/mol. The van der Waals surface area contributed by atoms with Crippen molar-refractivity contribution in [3.63, 3.8) is 0 Å². The molecule has 1 fully saturated rings. The van der Waals surface area contributed by atoms with Crippen LogP contribution >= 0.6 is 0 Å². The molecule has 6 nitrogen and oxygen atoms in total. The summed E-state index contributed by atoms with van der Waals surface area (Å²) in [6.07, 6.45) is 0. The van der Waals surface area contributed by atoms with Gasteiger partial charge >= 0.3 is 5.97 Å². The number of nitrogens with one attached hydrogen (secondary N) is 1. The predicted molar refractivity (Wildman–Crippen MR) is 124 cm³/mol. The van der Waals surface area contributed by atoms with Crippen molar-refractivity contribution in [3.05, 3.63) is 58.8 Å². The Kier molecular flexibility index (Phi) is 6.18. The molecule has 1 aromatic heterocycles. The van der Waals surface area contributed by atoms with Crippen LogP contribution in [-0.2, 0) is 11.3 Å². The summed E-state index contributed by atoms with van der Waals surface area (Å²) in [7, 11) is 1.70. The van der Waals surface area contributed by atoms with E-state index in [1.54, 1.807) is 7.11 Å². The number of hydrogen-bond donors (Lipinski definition) is 1. The third-order valence-electron chi connectivity index (χ3n) is 6.00. The minimum atomic E-state index is -0.277. The number of H-pyrrole nitrogens is 1. The fourth-order valence-electron chi connectivity index (χ4n) is 4.53. The number of methoxy groups -OCH3 is 1. The summed E-state index contributed by atoms with van der Waals surface area (Å²) in [6, 6.07) is 12.5. The molecular formula is C25H31N3O3. The molecule has 164 valence electrons. The number of rotatable bonds is 6. The summed E-state index contributed by atoms with van der Waals surface area (Å²) < 4.78 is 10.7. The van der Waals surface area contributed by atoms with E-state index in [9.17, 15) is 4.79 Å². The van der Waals surface area contributed by atoms with Crippen molar-refractivity contribution in [2.75, 3.05) is 44.8 Å². The average molecular weight is 422 g/mol. The van der Waals surface area contributed by atoms with Gasteiger partial charge < -0.3 is 19.4 Å². The average Bonchev–Trinajstić information content (AvgIpc) is 3.13. The van der Waals surface area contributed by atoms with E-state index in [-0.39, 0.29) is 5.97 Å². The number of benzene rings is 2. The molecule has 4 rings (SSSR count). The molecule has 0 saturated carbocycles. The first-order chi connectivity index (χ1) is 15.0. The Balaban J connectivity index is 1.56. The maximum atomic E-state index is 12.7. The van der Waals surface area contributed by atoms with Crippen LogP contribution in [0.2, 0.25) is 0 Å². The Bertz CT molecular complexity index is 1080. The topological polar surface area (TPSA) is 57.8 Å². The third-order valence-corrected chi connectivity index (χ3v) is 6.00. The molecule has 0 spiro atoms. The number of esters is 1. The Morgan fingerprint density at radius 1 is 1.10 bits per heavy atom. The molecule has 1 aliphatic rings. The highest BCUT2D eigenvalue weighted by Gasteiger charge is 2.24. The van der Waals surface area contributed by atoms with Gasteiger partial charge in [-0.3, -0.25) is 4.90 Å². The predicted octanol–water partition coefficient (Wildman–Crippen LogP) is 4.29. The lowest BCUT2D eigenvalue weighted by Gasteiger charge is -2.36. The lowest BCUT2D eigenvalue weighted by Crippen LogP contribution is -2.46. The maximum absolute atomic E-state index is 12.7. The quantitative estimate of drug-likeness (QED) is 0.602. The van der Waals surface area contributed by atoms with Crippen molar-refractivity contribution in [2.24, 2.45) is 0 Å². The highest BCUT2D eigenvalue weighted by atomic mass is 16.5. The maximum Gasteiger partial charge on any atom is 0.355 e. The van der Waals surface area contributed by atoms with Crippen LogP contribution in [-0.4, -0.2) is 55.7 Å². The van der Waals surface area contributed by atoms with Crippen LogP contribution in [0, 0.1) is 13.8 Å². The molecule has 2 heterocycles. The fraction of sp³-hybridized carbons (Fsp3) is 0.400. The molecule has 2 aromatic carbocycles. The summed E-state index contributed by atoms with van der Waals surface area (Å²) in [5.41, 5.74) is 6.18. The smallest absolute Gasteiger partial charge is 0.355 e. The van der Waals surface area contributed by atoms with Gasteiger partial charge in [0, 0.05) is 60.9 Å². The molecule has 0 amide bonds. The zero-order valence-electron chi connectivity index (χ0n) is 18.8. The van der Waals surface area contributed by atoms with Crippen molar-refractivity contribution in [3.8, 4) is 5.75 Å². The van der Waals surface area contributed by atoms with Crippen molar-refractivity contribution in [1.82, 2.24) is 9.88 Å². The number of aryl methyl sites for hydroxylation is 2. The van der Waals surface area contributed by atoms with Crippen LogP contribution in [0.3, 0.4) is 0 Å². The van der Waals surface area contributed by atoms with Crippen LogP contribution in [0.4, 0.5) is 5.69 Å². The second kappa shape index (κ2) is 9.02. The van der Waals surface area contributed by atoms with Gasteiger partial charge in [0.1, 0.15) is 11.4 Å². The third kappa shape index (κ3) is 4.39. The van der Waals surface area contributed by atoms with Crippen molar-refractivity contribution in [1.29, 1.82) is 0 Å². The zero-order chi connectivity index (χ0) is 22.0. The van der Waals surface area contributed by atoms with Gasteiger partial charge in [0.25, 0.3) is 0 Å². The number of carbonyl (C=O) groups is 1. The number of fused-ring (bicyclic) bond motifs is 1. The van der Waals surface area contributed by atoms with E-state index in [1.165, 1.54) is 16.8 Å². The van der Waals surface area contributed by atoms with Gasteiger partial charge in [-0.25, -0.2) is 4.79 Å². The molecule has 0 bridgehead atoms. The fourth-order valence-corrected chi connectivity index (χ4v) is 4.53. The Labute approximate surface area is 183 Å². The normalized spacial score (nSPS) is 14.8.